The molecule has 0 radical (unpaired) electrons. The number of hydrogen-bond donors (Lipinski definition) is 0. The topological polar surface area (TPSA) is 6.48 Å². The van der Waals surface area contributed by atoms with Crippen LogP contribution in [0.4, 0.5) is 14.5 Å². The predicted octanol–water partition coefficient (Wildman–Crippen LogP) is 9.12. The molecule has 244 valence electrons. The Kier molecular flexibility index (Phi) is 15.3. The number of anilines is 1. The van der Waals surface area contributed by atoms with Gasteiger partial charge < -0.3 is 9.29 Å². The molecule has 3 aromatic rings. The molecule has 3 aromatic carbocycles. The van der Waals surface area contributed by atoms with E-state index in [0.29, 0.717) is 30.6 Å². The molecule has 1 aliphatic carbocycles. The molecule has 47 heavy (non-hydrogen) atoms. The van der Waals surface area contributed by atoms with Crippen LogP contribution in [-0.4, -0.2) is 10.8 Å². The largest absolute Gasteiger partial charge is 1.00 e. The van der Waals surface area contributed by atoms with Gasteiger partial charge in [0.05, 0.1) is 0 Å². The van der Waals surface area contributed by atoms with E-state index >= 15 is 4.39 Å². The van der Waals surface area contributed by atoms with Gasteiger partial charge in [0.2, 0.25) is 0 Å². The summed E-state index contributed by atoms with van der Waals surface area (Å²) < 4.78 is 31.9. The summed E-state index contributed by atoms with van der Waals surface area (Å²) in [7, 11) is 0. The molecule has 1 aliphatic rings. The van der Waals surface area contributed by atoms with Gasteiger partial charge in [0, 0.05) is 36.2 Å². The van der Waals surface area contributed by atoms with Gasteiger partial charge in [-0.2, -0.15) is 29.8 Å². The van der Waals surface area contributed by atoms with Gasteiger partial charge in [-0.1, -0.05) is 108 Å². The summed E-state index contributed by atoms with van der Waals surface area (Å²) in [6.45, 7) is 21.7. The first kappa shape index (κ1) is 40.0. The Labute approximate surface area is 333 Å². The Bertz CT molecular complexity index is 1600. The van der Waals surface area contributed by atoms with Crippen molar-refractivity contribution >= 4 is 29.2 Å². The van der Waals surface area contributed by atoms with Crippen LogP contribution < -0.4 is 56.3 Å². The number of benzene rings is 3. The van der Waals surface area contributed by atoms with Gasteiger partial charge in [0.25, 0.3) is 0 Å². The molecular weight excluding hydrogens is 653 g/mol. The van der Waals surface area contributed by atoms with Crippen LogP contribution in [0.15, 0.2) is 102 Å². The number of nitrogens with zero attached hydrogens (tertiary/aromatic N) is 2. The van der Waals surface area contributed by atoms with Crippen molar-refractivity contribution < 1.29 is 60.2 Å². The smallest absolute Gasteiger partial charge is 0.394 e. The average Bonchev–Trinajstić information content (AvgIpc) is 3.86. The monoisotopic (exact) mass is 697 g/mol. The molecule has 4 rings (SSSR count). The van der Waals surface area contributed by atoms with Gasteiger partial charge in [0.15, 0.2) is 0 Å². The molecule has 0 aliphatic heterocycles. The Morgan fingerprint density at radius 3 is 2.26 bits per heavy atom. The van der Waals surface area contributed by atoms with Gasteiger partial charge in [-0.3, -0.25) is 0 Å². The van der Waals surface area contributed by atoms with E-state index in [1.807, 2.05) is 47.6 Å². The molecule has 0 unspecified atom stereocenters. The maximum absolute atomic E-state index is 15.4. The molecule has 7 heteroatoms. The molecule has 0 bridgehead atoms. The zero-order valence-electron chi connectivity index (χ0n) is 28.9. The van der Waals surface area contributed by atoms with Crippen LogP contribution in [0.5, 0.6) is 0 Å². The Hall–Kier alpha value is -1.48. The summed E-state index contributed by atoms with van der Waals surface area (Å²) in [5.74, 6) is -0.485. The number of rotatable bonds is 14. The Morgan fingerprint density at radius 2 is 1.70 bits per heavy atom. The van der Waals surface area contributed by atoms with Crippen molar-refractivity contribution in [3.63, 3.8) is 0 Å². The molecule has 0 aromatic heterocycles. The molecule has 0 heterocycles. The van der Waals surface area contributed by atoms with Crippen LogP contribution in [0.25, 0.3) is 0 Å². The normalized spacial score (nSPS) is 14.0. The van der Waals surface area contributed by atoms with Gasteiger partial charge >= 0.3 is 51.4 Å². The van der Waals surface area contributed by atoms with Crippen molar-refractivity contribution in [3.05, 3.63) is 147 Å². The molecular formula is C40H45ClF2KN2S-. The summed E-state index contributed by atoms with van der Waals surface area (Å²) in [5, 5.41) is 0.632. The zero-order valence-corrected chi connectivity index (χ0v) is 33.6. The second-order valence-corrected chi connectivity index (χ2v) is 14.7. The second kappa shape index (κ2) is 18.0. The maximum Gasteiger partial charge on any atom is 1.00 e. The van der Waals surface area contributed by atoms with E-state index in [1.165, 1.54) is 29.5 Å². The predicted molar refractivity (Wildman–Crippen MR) is 193 cm³/mol. The Morgan fingerprint density at radius 1 is 1.02 bits per heavy atom. The van der Waals surface area contributed by atoms with E-state index in [9.17, 15) is 4.39 Å². The van der Waals surface area contributed by atoms with E-state index < -0.39 is 11.7 Å². The molecule has 0 spiro atoms. The van der Waals surface area contributed by atoms with Crippen molar-refractivity contribution in [3.8, 4) is 0 Å². The van der Waals surface area contributed by atoms with Crippen LogP contribution in [0, 0.1) is 19.1 Å². The van der Waals surface area contributed by atoms with Gasteiger partial charge in [-0.25, -0.2) is 8.70 Å². The van der Waals surface area contributed by atoms with Crippen molar-refractivity contribution in [2.45, 2.75) is 85.2 Å². The van der Waals surface area contributed by atoms with Crippen molar-refractivity contribution in [1.29, 1.82) is 0 Å². The minimum atomic E-state index is -0.586. The first-order chi connectivity index (χ1) is 21.7. The SMILES string of the molecule is C=C(C)/C(F)=C(\[C-]=C(F)CC)SN(CC(=C)N(Cc1cc(C2CC2)cc(C(C)(C)C)c1)c1c[c-]c(C)cc1)Cc1ccc(Cl)cc1.[K+]. The summed E-state index contributed by atoms with van der Waals surface area (Å²) in [5.41, 5.74) is 7.95. The van der Waals surface area contributed by atoms with E-state index in [0.717, 1.165) is 34.5 Å². The third kappa shape index (κ3) is 12.1. The first-order valence-electron chi connectivity index (χ1n) is 15.8. The first-order valence-corrected chi connectivity index (χ1v) is 17.0. The minimum Gasteiger partial charge on any atom is -0.394 e. The number of allylic oxidation sites excluding steroid dienone is 4. The summed E-state index contributed by atoms with van der Waals surface area (Å²) >= 11 is 7.29. The van der Waals surface area contributed by atoms with E-state index in [1.54, 1.807) is 13.8 Å². The zero-order chi connectivity index (χ0) is 33.6. The van der Waals surface area contributed by atoms with Crippen molar-refractivity contribution in [1.82, 2.24) is 4.31 Å². The summed E-state index contributed by atoms with van der Waals surface area (Å²) in [6, 6.07) is 24.0. The molecule has 1 fully saturated rings. The van der Waals surface area contributed by atoms with Crippen LogP contribution in [0.2, 0.25) is 5.02 Å². The van der Waals surface area contributed by atoms with Crippen LogP contribution in [0.1, 0.15) is 87.6 Å². The number of aryl methyl sites for hydroxylation is 1. The quantitative estimate of drug-likeness (QED) is 0.0718. The molecule has 2 nitrogen and oxygen atoms in total. The van der Waals surface area contributed by atoms with Crippen molar-refractivity contribution in [2.75, 3.05) is 11.4 Å². The fraction of sp³-hybridized carbons (Fsp3) is 0.350. The third-order valence-corrected chi connectivity index (χ3v) is 9.13. The van der Waals surface area contributed by atoms with Crippen molar-refractivity contribution in [2.24, 2.45) is 0 Å². The molecule has 0 N–H and O–H groups in total. The van der Waals surface area contributed by atoms with Crippen LogP contribution in [-0.2, 0) is 18.5 Å². The van der Waals surface area contributed by atoms with Gasteiger partial charge in [0.1, 0.15) is 0 Å². The Balaban J connectivity index is 0.00000600. The van der Waals surface area contributed by atoms with Gasteiger partial charge in [-0.15, -0.1) is 23.1 Å². The summed E-state index contributed by atoms with van der Waals surface area (Å²) in [6.07, 6.45) is 5.22. The van der Waals surface area contributed by atoms with E-state index in [4.69, 9.17) is 11.6 Å². The fourth-order valence-electron chi connectivity index (χ4n) is 4.98. The minimum absolute atomic E-state index is 0. The van der Waals surface area contributed by atoms with E-state index in [-0.39, 0.29) is 73.7 Å². The molecule has 0 atom stereocenters. The average molecular weight is 698 g/mol. The van der Waals surface area contributed by atoms with E-state index in [2.05, 4.69) is 75.2 Å². The second-order valence-electron chi connectivity index (χ2n) is 13.2. The van der Waals surface area contributed by atoms with Gasteiger partial charge in [-0.05, 0) is 70.8 Å². The fourth-order valence-corrected chi connectivity index (χ4v) is 6.20. The standard InChI is InChI=1S/C40H45ClF2N2S.K/c1-9-36(42)23-38(39(43)27(2)3)46-44(25-30-12-16-35(41)17-13-30)24-29(5)45(37-18-10-28(4)11-19-37)26-31-20-33(32-14-15-32)22-34(21-31)40(6,7)8;/h10,12-13,16-22,32H,2,5,9,14-15,24-26H2,1,3-4,6-8H3;/q-2;+1/b39-38-;. The maximum atomic E-state index is 15.4. The number of halogens is 3. The molecule has 0 saturated heterocycles. The molecule has 0 amide bonds. The third-order valence-electron chi connectivity index (χ3n) is 7.90. The van der Waals surface area contributed by atoms with Crippen LogP contribution in [0.3, 0.4) is 0 Å². The molecule has 1 saturated carbocycles. The number of hydrogen-bond acceptors (Lipinski definition) is 3. The summed E-state index contributed by atoms with van der Waals surface area (Å²) in [4.78, 5) is 2.25. The van der Waals surface area contributed by atoms with Crippen LogP contribution >= 0.6 is 23.5 Å².